The van der Waals surface area contributed by atoms with E-state index in [4.69, 9.17) is 46.4 Å². The summed E-state index contributed by atoms with van der Waals surface area (Å²) in [6, 6.07) is 9.88. The summed E-state index contributed by atoms with van der Waals surface area (Å²) in [4.78, 5) is 27.7. The van der Waals surface area contributed by atoms with Gasteiger partial charge in [-0.25, -0.2) is 0 Å². The molecular weight excluding hydrogens is 510 g/mol. The Bertz CT molecular complexity index is 935. The largest absolute Gasteiger partial charge is 0.352 e. The van der Waals surface area contributed by atoms with E-state index in [0.717, 1.165) is 11.1 Å². The summed E-state index contributed by atoms with van der Waals surface area (Å²) in [5.74, 6) is 0.318. The first-order chi connectivity index (χ1) is 15.1. The summed E-state index contributed by atoms with van der Waals surface area (Å²) in [5.41, 5.74) is 1.58. The maximum atomic E-state index is 13.3. The summed E-state index contributed by atoms with van der Waals surface area (Å²) in [5, 5.41) is 4.87. The van der Waals surface area contributed by atoms with Gasteiger partial charge in [-0.15, -0.1) is 11.8 Å². The number of nitrogens with one attached hydrogen (secondary N) is 1. The number of benzene rings is 2. The van der Waals surface area contributed by atoms with E-state index in [-0.39, 0.29) is 30.2 Å². The molecule has 2 aromatic rings. The fraction of sp³-hybridized carbons (Fsp3) is 0.391. The topological polar surface area (TPSA) is 49.4 Å². The minimum atomic E-state index is -0.608. The van der Waals surface area contributed by atoms with E-state index in [1.807, 2.05) is 20.8 Å². The molecule has 0 spiro atoms. The molecule has 0 aliphatic heterocycles. The van der Waals surface area contributed by atoms with Gasteiger partial charge in [-0.3, -0.25) is 9.59 Å². The van der Waals surface area contributed by atoms with Gasteiger partial charge in [-0.05, 0) is 55.7 Å². The molecule has 4 nitrogen and oxygen atoms in total. The number of rotatable bonds is 10. The molecule has 0 saturated carbocycles. The van der Waals surface area contributed by atoms with Crippen LogP contribution in [0, 0.1) is 0 Å². The molecular formula is C23H26Cl4N2O2S. The Balaban J connectivity index is 2.20. The van der Waals surface area contributed by atoms with Gasteiger partial charge in [0.1, 0.15) is 6.04 Å². The summed E-state index contributed by atoms with van der Waals surface area (Å²) in [6.45, 7) is 5.90. The van der Waals surface area contributed by atoms with Crippen molar-refractivity contribution in [2.24, 2.45) is 0 Å². The third-order valence-electron chi connectivity index (χ3n) is 4.69. The molecule has 0 saturated heterocycles. The fourth-order valence-corrected chi connectivity index (χ4v) is 5.10. The highest BCUT2D eigenvalue weighted by molar-refractivity contribution is 7.99. The quantitative estimate of drug-likeness (QED) is 0.361. The first-order valence-corrected chi connectivity index (χ1v) is 12.8. The van der Waals surface area contributed by atoms with E-state index in [0.29, 0.717) is 32.3 Å². The van der Waals surface area contributed by atoms with Gasteiger partial charge in [0.15, 0.2) is 0 Å². The van der Waals surface area contributed by atoms with Crippen molar-refractivity contribution in [2.75, 3.05) is 5.75 Å². The van der Waals surface area contributed by atoms with E-state index < -0.39 is 6.04 Å². The molecule has 0 fully saturated rings. The Labute approximate surface area is 213 Å². The van der Waals surface area contributed by atoms with Crippen LogP contribution in [0.3, 0.4) is 0 Å². The van der Waals surface area contributed by atoms with Crippen molar-refractivity contribution in [1.82, 2.24) is 10.2 Å². The van der Waals surface area contributed by atoms with Crippen LogP contribution in [-0.2, 0) is 21.9 Å². The van der Waals surface area contributed by atoms with E-state index in [9.17, 15) is 9.59 Å². The minimum Gasteiger partial charge on any atom is -0.352 e. The number of thioether (sulfide) groups is 1. The smallest absolute Gasteiger partial charge is 0.243 e. The summed E-state index contributed by atoms with van der Waals surface area (Å²) in [7, 11) is 0. The zero-order valence-corrected chi connectivity index (χ0v) is 22.0. The van der Waals surface area contributed by atoms with Gasteiger partial charge >= 0.3 is 0 Å². The number of amides is 2. The SMILES string of the molecule is CC[C@@H](C(=O)NC(C)C)N(Cc1ccc(Cl)c(Cl)c1)C(=O)CSCc1c(Cl)cccc1Cl. The van der Waals surface area contributed by atoms with E-state index in [1.54, 1.807) is 41.3 Å². The third kappa shape index (κ3) is 7.74. The molecule has 0 radical (unpaired) electrons. The standard InChI is InChI=1S/C23H26Cl4N2O2S/c1-4-21(23(31)28-14(2)3)29(11-15-8-9-19(26)20(27)10-15)22(30)13-32-12-16-17(24)6-5-7-18(16)25/h5-10,14,21H,4,11-13H2,1-3H3,(H,28,31)/t21-/m0/s1. The molecule has 9 heteroatoms. The van der Waals surface area contributed by atoms with Crippen LogP contribution in [-0.4, -0.2) is 34.6 Å². The van der Waals surface area contributed by atoms with Crippen LogP contribution in [0.2, 0.25) is 20.1 Å². The monoisotopic (exact) mass is 534 g/mol. The molecule has 0 unspecified atom stereocenters. The number of hydrogen-bond donors (Lipinski definition) is 1. The Morgan fingerprint density at radius 2 is 1.66 bits per heavy atom. The Kier molecular flexibility index (Phi) is 11.0. The molecule has 0 heterocycles. The van der Waals surface area contributed by atoms with Crippen LogP contribution < -0.4 is 5.32 Å². The molecule has 0 aliphatic carbocycles. The highest BCUT2D eigenvalue weighted by Crippen LogP contribution is 2.29. The summed E-state index contributed by atoms with van der Waals surface area (Å²) >= 11 is 26.1. The van der Waals surface area contributed by atoms with E-state index >= 15 is 0 Å². The fourth-order valence-electron chi connectivity index (χ4n) is 3.13. The van der Waals surface area contributed by atoms with Crippen molar-refractivity contribution in [3.05, 3.63) is 67.6 Å². The second kappa shape index (κ2) is 13.0. The van der Waals surface area contributed by atoms with Crippen LogP contribution in [0.1, 0.15) is 38.3 Å². The average molecular weight is 536 g/mol. The molecule has 0 aliphatic rings. The predicted molar refractivity (Wildman–Crippen MR) is 137 cm³/mol. The molecule has 2 rings (SSSR count). The highest BCUT2D eigenvalue weighted by Gasteiger charge is 2.29. The van der Waals surface area contributed by atoms with Crippen molar-refractivity contribution < 1.29 is 9.59 Å². The van der Waals surface area contributed by atoms with Gasteiger partial charge in [-0.2, -0.15) is 0 Å². The van der Waals surface area contributed by atoms with Crippen molar-refractivity contribution in [2.45, 2.75) is 51.6 Å². The average Bonchev–Trinajstić information content (AvgIpc) is 2.72. The lowest BCUT2D eigenvalue weighted by Gasteiger charge is -2.31. The van der Waals surface area contributed by atoms with Crippen LogP contribution in [0.15, 0.2) is 36.4 Å². The maximum absolute atomic E-state index is 13.3. The van der Waals surface area contributed by atoms with Crippen LogP contribution in [0.25, 0.3) is 0 Å². The van der Waals surface area contributed by atoms with Gasteiger partial charge in [0.2, 0.25) is 11.8 Å². The highest BCUT2D eigenvalue weighted by atomic mass is 35.5. The van der Waals surface area contributed by atoms with Crippen LogP contribution in [0.4, 0.5) is 0 Å². The minimum absolute atomic E-state index is 0.0322. The third-order valence-corrected chi connectivity index (χ3v) is 7.08. The van der Waals surface area contributed by atoms with Crippen molar-refractivity contribution in [3.8, 4) is 0 Å². The van der Waals surface area contributed by atoms with Crippen molar-refractivity contribution in [1.29, 1.82) is 0 Å². The van der Waals surface area contributed by atoms with E-state index in [2.05, 4.69) is 5.32 Å². The lowest BCUT2D eigenvalue weighted by molar-refractivity contribution is -0.139. The zero-order valence-electron chi connectivity index (χ0n) is 18.1. The van der Waals surface area contributed by atoms with Gasteiger partial charge in [0.05, 0.1) is 15.8 Å². The molecule has 0 bridgehead atoms. The summed E-state index contributed by atoms with van der Waals surface area (Å²) < 4.78 is 0. The second-order valence-electron chi connectivity index (χ2n) is 7.55. The molecule has 2 amide bonds. The second-order valence-corrected chi connectivity index (χ2v) is 10.2. The zero-order chi connectivity index (χ0) is 23.8. The maximum Gasteiger partial charge on any atom is 0.243 e. The van der Waals surface area contributed by atoms with Crippen molar-refractivity contribution in [3.63, 3.8) is 0 Å². The molecule has 32 heavy (non-hydrogen) atoms. The number of halogens is 4. The first-order valence-electron chi connectivity index (χ1n) is 10.2. The molecule has 0 aromatic heterocycles. The van der Waals surface area contributed by atoms with Gasteiger partial charge in [-0.1, -0.05) is 65.5 Å². The molecule has 1 atom stereocenters. The van der Waals surface area contributed by atoms with Crippen LogP contribution >= 0.6 is 58.2 Å². The number of hydrogen-bond acceptors (Lipinski definition) is 3. The number of carbonyl (C=O) groups is 2. The summed E-state index contributed by atoms with van der Waals surface area (Å²) in [6.07, 6.45) is 0.479. The number of nitrogens with zero attached hydrogens (tertiary/aromatic N) is 1. The van der Waals surface area contributed by atoms with Crippen LogP contribution in [0.5, 0.6) is 0 Å². The normalized spacial score (nSPS) is 12.0. The first kappa shape index (κ1) is 27.1. The van der Waals surface area contributed by atoms with E-state index in [1.165, 1.54) is 11.8 Å². The van der Waals surface area contributed by atoms with Gasteiger partial charge in [0.25, 0.3) is 0 Å². The lowest BCUT2D eigenvalue weighted by Crippen LogP contribution is -2.50. The Morgan fingerprint density at radius 1 is 1.00 bits per heavy atom. The molecule has 2 aromatic carbocycles. The van der Waals surface area contributed by atoms with Gasteiger partial charge in [0, 0.05) is 28.4 Å². The lowest BCUT2D eigenvalue weighted by atomic mass is 10.1. The van der Waals surface area contributed by atoms with Gasteiger partial charge < -0.3 is 10.2 Å². The molecule has 1 N–H and O–H groups in total. The predicted octanol–water partition coefficient (Wildman–Crippen LogP) is 6.87. The Morgan fingerprint density at radius 3 is 2.22 bits per heavy atom. The Hall–Kier alpha value is -1.11. The number of carbonyl (C=O) groups excluding carboxylic acids is 2. The van der Waals surface area contributed by atoms with Crippen molar-refractivity contribution >= 4 is 70.0 Å². The molecule has 174 valence electrons.